The van der Waals surface area contributed by atoms with Gasteiger partial charge in [0.2, 0.25) is 0 Å². The molecular formula is C15H20N2O. The predicted octanol–water partition coefficient (Wildman–Crippen LogP) is 2.11. The number of allylic oxidation sites excluding steroid dienone is 2. The van der Waals surface area contributed by atoms with Gasteiger partial charge < -0.3 is 11.5 Å². The van der Waals surface area contributed by atoms with Crippen molar-refractivity contribution in [3.63, 3.8) is 0 Å². The minimum atomic E-state index is 0.186. The van der Waals surface area contributed by atoms with Crippen LogP contribution in [0.2, 0.25) is 0 Å². The molecule has 0 saturated heterocycles. The molecule has 1 aromatic rings. The van der Waals surface area contributed by atoms with Crippen LogP contribution in [0.1, 0.15) is 41.6 Å². The molecule has 0 radical (unpaired) electrons. The Labute approximate surface area is 108 Å². The lowest BCUT2D eigenvalue weighted by atomic mass is 9.99. The van der Waals surface area contributed by atoms with Crippen molar-refractivity contribution < 1.29 is 4.79 Å². The summed E-state index contributed by atoms with van der Waals surface area (Å²) in [6.07, 6.45) is 3.45. The molecule has 3 nitrogen and oxygen atoms in total. The molecule has 2 rings (SSSR count). The van der Waals surface area contributed by atoms with Gasteiger partial charge in [0.1, 0.15) is 0 Å². The Hall–Kier alpha value is -1.45. The number of Topliss-reactive ketones (excluding diaryl/α,β-unsaturated/α-hetero) is 1. The van der Waals surface area contributed by atoms with Gasteiger partial charge in [0.25, 0.3) is 0 Å². The van der Waals surface area contributed by atoms with Crippen molar-refractivity contribution in [1.82, 2.24) is 0 Å². The molecule has 0 aliphatic heterocycles. The van der Waals surface area contributed by atoms with Crippen LogP contribution in [0.3, 0.4) is 0 Å². The molecule has 4 N–H and O–H groups in total. The maximum absolute atomic E-state index is 12.3. The van der Waals surface area contributed by atoms with Gasteiger partial charge in [-0.1, -0.05) is 24.3 Å². The average molecular weight is 244 g/mol. The van der Waals surface area contributed by atoms with Crippen LogP contribution in [0.25, 0.3) is 5.57 Å². The van der Waals surface area contributed by atoms with Crippen LogP contribution in [0, 0.1) is 0 Å². The number of carbonyl (C=O) groups is 1. The lowest BCUT2D eigenvalue weighted by molar-refractivity contribution is 0.103. The van der Waals surface area contributed by atoms with Gasteiger partial charge in [0.15, 0.2) is 5.78 Å². The normalized spacial score (nSPS) is 14.2. The van der Waals surface area contributed by atoms with E-state index >= 15 is 0 Å². The summed E-state index contributed by atoms with van der Waals surface area (Å²) in [4.78, 5) is 12.3. The second-order valence-corrected chi connectivity index (χ2v) is 4.62. The summed E-state index contributed by atoms with van der Waals surface area (Å²) in [5, 5.41) is 0. The van der Waals surface area contributed by atoms with Crippen molar-refractivity contribution in [2.75, 3.05) is 13.1 Å². The summed E-state index contributed by atoms with van der Waals surface area (Å²) in [7, 11) is 0. The standard InChI is InChI=1S/C15H20N2O/c16-9-3-7-12-11-5-1-2-6-13(11)15(18)14(12)8-4-10-17/h1-2,5-6H,3-4,7-10,16-17H2. The van der Waals surface area contributed by atoms with Crippen molar-refractivity contribution in [3.05, 3.63) is 41.0 Å². The maximum atomic E-state index is 12.3. The average Bonchev–Trinajstić information content (AvgIpc) is 2.67. The summed E-state index contributed by atoms with van der Waals surface area (Å²) in [5.74, 6) is 0.186. The van der Waals surface area contributed by atoms with Crippen molar-refractivity contribution in [1.29, 1.82) is 0 Å². The van der Waals surface area contributed by atoms with Crippen LogP contribution in [0.5, 0.6) is 0 Å². The van der Waals surface area contributed by atoms with Gasteiger partial charge in [-0.25, -0.2) is 0 Å². The van der Waals surface area contributed by atoms with Crippen LogP contribution < -0.4 is 11.5 Å². The molecule has 96 valence electrons. The molecule has 1 aromatic carbocycles. The number of fused-ring (bicyclic) bond motifs is 1. The lowest BCUT2D eigenvalue weighted by Crippen LogP contribution is -2.04. The molecule has 0 fully saturated rings. The largest absolute Gasteiger partial charge is 0.330 e. The van der Waals surface area contributed by atoms with E-state index in [0.717, 1.165) is 42.4 Å². The third kappa shape index (κ3) is 2.37. The first-order chi connectivity index (χ1) is 8.79. The van der Waals surface area contributed by atoms with E-state index in [0.29, 0.717) is 13.1 Å². The fraction of sp³-hybridized carbons (Fsp3) is 0.400. The topological polar surface area (TPSA) is 69.1 Å². The van der Waals surface area contributed by atoms with E-state index in [1.54, 1.807) is 0 Å². The second kappa shape index (κ2) is 5.94. The molecule has 0 aromatic heterocycles. The first-order valence-corrected chi connectivity index (χ1v) is 6.56. The van der Waals surface area contributed by atoms with Gasteiger partial charge in [-0.3, -0.25) is 4.79 Å². The van der Waals surface area contributed by atoms with Crippen molar-refractivity contribution in [2.24, 2.45) is 11.5 Å². The van der Waals surface area contributed by atoms with E-state index in [4.69, 9.17) is 11.5 Å². The Kier molecular flexibility index (Phi) is 4.28. The van der Waals surface area contributed by atoms with Crippen molar-refractivity contribution in [3.8, 4) is 0 Å². The number of nitrogens with two attached hydrogens (primary N) is 2. The monoisotopic (exact) mass is 244 g/mol. The third-order valence-electron chi connectivity index (χ3n) is 3.40. The minimum absolute atomic E-state index is 0.186. The van der Waals surface area contributed by atoms with Crippen LogP contribution in [-0.2, 0) is 0 Å². The van der Waals surface area contributed by atoms with E-state index < -0.39 is 0 Å². The molecule has 1 aliphatic carbocycles. The Balaban J connectivity index is 2.34. The lowest BCUT2D eigenvalue weighted by Gasteiger charge is -2.06. The highest BCUT2D eigenvalue weighted by molar-refractivity contribution is 6.20. The van der Waals surface area contributed by atoms with Crippen LogP contribution in [0.15, 0.2) is 29.8 Å². The summed E-state index contributed by atoms with van der Waals surface area (Å²) < 4.78 is 0. The van der Waals surface area contributed by atoms with Gasteiger partial charge in [-0.05, 0) is 49.9 Å². The third-order valence-corrected chi connectivity index (χ3v) is 3.40. The van der Waals surface area contributed by atoms with Crippen LogP contribution in [0.4, 0.5) is 0 Å². The summed E-state index contributed by atoms with van der Waals surface area (Å²) in [6, 6.07) is 7.85. The maximum Gasteiger partial charge on any atom is 0.189 e. The molecule has 18 heavy (non-hydrogen) atoms. The molecule has 0 bridgehead atoms. The molecular weight excluding hydrogens is 224 g/mol. The fourth-order valence-corrected chi connectivity index (χ4v) is 2.51. The highest BCUT2D eigenvalue weighted by Gasteiger charge is 2.27. The zero-order valence-corrected chi connectivity index (χ0v) is 10.6. The molecule has 0 atom stereocenters. The number of hydrogen-bond donors (Lipinski definition) is 2. The van der Waals surface area contributed by atoms with E-state index in [1.165, 1.54) is 5.57 Å². The van der Waals surface area contributed by atoms with Gasteiger partial charge in [0.05, 0.1) is 0 Å². The molecule has 3 heteroatoms. The summed E-state index contributed by atoms with van der Waals surface area (Å²) in [5.41, 5.74) is 15.2. The van der Waals surface area contributed by atoms with E-state index in [-0.39, 0.29) is 5.78 Å². The van der Waals surface area contributed by atoms with Gasteiger partial charge >= 0.3 is 0 Å². The van der Waals surface area contributed by atoms with Crippen LogP contribution >= 0.6 is 0 Å². The molecule has 0 saturated carbocycles. The number of benzene rings is 1. The summed E-state index contributed by atoms with van der Waals surface area (Å²) in [6.45, 7) is 1.28. The highest BCUT2D eigenvalue weighted by Crippen LogP contribution is 2.37. The van der Waals surface area contributed by atoms with Crippen LogP contribution in [-0.4, -0.2) is 18.9 Å². The Morgan fingerprint density at radius 2 is 1.39 bits per heavy atom. The summed E-state index contributed by atoms with van der Waals surface area (Å²) >= 11 is 0. The molecule has 0 unspecified atom stereocenters. The van der Waals surface area contributed by atoms with Crippen molar-refractivity contribution >= 4 is 11.4 Å². The Morgan fingerprint density at radius 1 is 0.833 bits per heavy atom. The zero-order valence-electron chi connectivity index (χ0n) is 10.6. The number of hydrogen-bond acceptors (Lipinski definition) is 3. The van der Waals surface area contributed by atoms with Gasteiger partial charge in [-0.15, -0.1) is 0 Å². The first-order valence-electron chi connectivity index (χ1n) is 6.56. The van der Waals surface area contributed by atoms with E-state index in [1.807, 2.05) is 24.3 Å². The SMILES string of the molecule is NCCCC1=C(CCCN)c2ccccc2C1=O. The quantitative estimate of drug-likeness (QED) is 0.805. The Morgan fingerprint density at radius 3 is 2.00 bits per heavy atom. The minimum Gasteiger partial charge on any atom is -0.330 e. The Bertz CT molecular complexity index is 477. The van der Waals surface area contributed by atoms with E-state index in [9.17, 15) is 4.79 Å². The smallest absolute Gasteiger partial charge is 0.189 e. The van der Waals surface area contributed by atoms with E-state index in [2.05, 4.69) is 0 Å². The molecule has 1 aliphatic rings. The zero-order chi connectivity index (χ0) is 13.0. The number of carbonyl (C=O) groups excluding carboxylic acids is 1. The predicted molar refractivity (Wildman–Crippen MR) is 74.3 cm³/mol. The second-order valence-electron chi connectivity index (χ2n) is 4.62. The molecule has 0 heterocycles. The number of rotatable bonds is 6. The van der Waals surface area contributed by atoms with Crippen molar-refractivity contribution in [2.45, 2.75) is 25.7 Å². The number of ketones is 1. The highest BCUT2D eigenvalue weighted by atomic mass is 16.1. The fourth-order valence-electron chi connectivity index (χ4n) is 2.51. The van der Waals surface area contributed by atoms with Gasteiger partial charge in [-0.2, -0.15) is 0 Å². The molecule has 0 spiro atoms. The van der Waals surface area contributed by atoms with Gasteiger partial charge in [0, 0.05) is 11.1 Å². The first kappa shape index (κ1) is 13.0. The molecule has 0 amide bonds.